The second-order valence-corrected chi connectivity index (χ2v) is 3.67. The number of rotatable bonds is 5. The molecule has 0 saturated carbocycles. The Labute approximate surface area is 88.5 Å². The van der Waals surface area contributed by atoms with Crippen LogP contribution in [0.4, 0.5) is 13.2 Å². The SMILES string of the molecule is CCNCc1nnc(OCC(F)(F)F)s1. The molecule has 0 amide bonds. The molecule has 1 rings (SSSR count). The number of nitrogens with one attached hydrogen (secondary N) is 1. The largest absolute Gasteiger partial charge is 0.459 e. The fourth-order valence-electron chi connectivity index (χ4n) is 0.743. The monoisotopic (exact) mass is 241 g/mol. The smallest absolute Gasteiger partial charge is 0.422 e. The first kappa shape index (κ1) is 12.2. The average molecular weight is 241 g/mol. The van der Waals surface area contributed by atoms with Gasteiger partial charge in [0.1, 0.15) is 5.01 Å². The van der Waals surface area contributed by atoms with Crippen molar-refractivity contribution in [2.75, 3.05) is 13.2 Å². The van der Waals surface area contributed by atoms with Crippen LogP contribution in [0.15, 0.2) is 0 Å². The molecule has 86 valence electrons. The highest BCUT2D eigenvalue weighted by Gasteiger charge is 2.29. The Morgan fingerprint density at radius 3 is 2.73 bits per heavy atom. The molecule has 1 heterocycles. The number of nitrogens with zero attached hydrogens (tertiary/aromatic N) is 2. The highest BCUT2D eigenvalue weighted by atomic mass is 32.1. The Balaban J connectivity index is 2.39. The van der Waals surface area contributed by atoms with Crippen LogP contribution in [0.2, 0.25) is 0 Å². The maximum absolute atomic E-state index is 11.8. The molecular formula is C7H10F3N3OS. The van der Waals surface area contributed by atoms with Crippen molar-refractivity contribution in [3.8, 4) is 5.19 Å². The van der Waals surface area contributed by atoms with E-state index in [4.69, 9.17) is 0 Å². The minimum atomic E-state index is -4.34. The van der Waals surface area contributed by atoms with Crippen molar-refractivity contribution < 1.29 is 17.9 Å². The lowest BCUT2D eigenvalue weighted by Crippen LogP contribution is -2.19. The van der Waals surface area contributed by atoms with Gasteiger partial charge in [-0.15, -0.1) is 10.2 Å². The van der Waals surface area contributed by atoms with Crippen LogP contribution in [0.1, 0.15) is 11.9 Å². The van der Waals surface area contributed by atoms with E-state index in [1.54, 1.807) is 0 Å². The van der Waals surface area contributed by atoms with E-state index in [1.165, 1.54) is 0 Å². The van der Waals surface area contributed by atoms with Gasteiger partial charge in [0, 0.05) is 6.54 Å². The van der Waals surface area contributed by atoms with Gasteiger partial charge in [0.25, 0.3) is 5.19 Å². The van der Waals surface area contributed by atoms with Crippen molar-refractivity contribution in [1.29, 1.82) is 0 Å². The van der Waals surface area contributed by atoms with E-state index in [2.05, 4.69) is 20.3 Å². The molecule has 0 aliphatic heterocycles. The van der Waals surface area contributed by atoms with Gasteiger partial charge in [-0.05, 0) is 6.54 Å². The molecule has 0 saturated heterocycles. The average Bonchev–Trinajstić information content (AvgIpc) is 2.58. The maximum atomic E-state index is 11.8. The van der Waals surface area contributed by atoms with E-state index in [9.17, 15) is 13.2 Å². The van der Waals surface area contributed by atoms with Gasteiger partial charge in [0.2, 0.25) is 0 Å². The van der Waals surface area contributed by atoms with Crippen molar-refractivity contribution in [1.82, 2.24) is 15.5 Å². The van der Waals surface area contributed by atoms with Gasteiger partial charge in [0.05, 0.1) is 0 Å². The van der Waals surface area contributed by atoms with Gasteiger partial charge in [-0.25, -0.2) is 0 Å². The predicted octanol–water partition coefficient (Wildman–Crippen LogP) is 1.59. The number of alkyl halides is 3. The van der Waals surface area contributed by atoms with E-state index >= 15 is 0 Å². The summed E-state index contributed by atoms with van der Waals surface area (Å²) in [7, 11) is 0. The zero-order valence-corrected chi connectivity index (χ0v) is 8.78. The molecule has 1 aromatic heterocycles. The molecule has 8 heteroatoms. The summed E-state index contributed by atoms with van der Waals surface area (Å²) in [5.74, 6) is 0. The number of ether oxygens (including phenoxy) is 1. The molecule has 1 aromatic rings. The van der Waals surface area contributed by atoms with E-state index in [1.807, 2.05) is 6.92 Å². The van der Waals surface area contributed by atoms with Crippen LogP contribution in [0.5, 0.6) is 5.19 Å². The molecule has 0 unspecified atom stereocenters. The molecule has 0 atom stereocenters. The van der Waals surface area contributed by atoms with E-state index in [0.29, 0.717) is 11.6 Å². The molecule has 0 spiro atoms. The lowest BCUT2D eigenvalue weighted by Gasteiger charge is -2.04. The second kappa shape index (κ2) is 5.26. The summed E-state index contributed by atoms with van der Waals surface area (Å²) >= 11 is 1.01. The van der Waals surface area contributed by atoms with Gasteiger partial charge in [0.15, 0.2) is 6.61 Å². The third-order valence-electron chi connectivity index (χ3n) is 1.33. The van der Waals surface area contributed by atoms with Crippen LogP contribution < -0.4 is 10.1 Å². The molecule has 0 aromatic carbocycles. The van der Waals surface area contributed by atoms with Gasteiger partial charge < -0.3 is 10.1 Å². The van der Waals surface area contributed by atoms with Gasteiger partial charge in [-0.3, -0.25) is 0 Å². The van der Waals surface area contributed by atoms with Crippen molar-refractivity contribution in [2.45, 2.75) is 19.6 Å². The van der Waals surface area contributed by atoms with Gasteiger partial charge in [-0.1, -0.05) is 18.3 Å². The van der Waals surface area contributed by atoms with Gasteiger partial charge >= 0.3 is 6.18 Å². The number of halogens is 3. The van der Waals surface area contributed by atoms with Crippen LogP contribution in [0.3, 0.4) is 0 Å². The van der Waals surface area contributed by atoms with Crippen LogP contribution in [0.25, 0.3) is 0 Å². The summed E-state index contributed by atoms with van der Waals surface area (Å²) in [4.78, 5) is 0. The Kier molecular flexibility index (Phi) is 4.28. The number of aromatic nitrogens is 2. The molecule has 1 N–H and O–H groups in total. The zero-order valence-electron chi connectivity index (χ0n) is 7.97. The molecule has 15 heavy (non-hydrogen) atoms. The Morgan fingerprint density at radius 1 is 1.40 bits per heavy atom. The summed E-state index contributed by atoms with van der Waals surface area (Å²) < 4.78 is 39.7. The quantitative estimate of drug-likeness (QED) is 0.850. The van der Waals surface area contributed by atoms with Crippen molar-refractivity contribution in [3.63, 3.8) is 0 Å². The number of hydrogen-bond donors (Lipinski definition) is 1. The Bertz CT molecular complexity index is 302. The fourth-order valence-corrected chi connectivity index (χ4v) is 1.40. The molecule has 0 fully saturated rings. The predicted molar refractivity (Wildman–Crippen MR) is 48.8 cm³/mol. The summed E-state index contributed by atoms with van der Waals surface area (Å²) in [5.41, 5.74) is 0. The molecular weight excluding hydrogens is 231 g/mol. The van der Waals surface area contributed by atoms with Crippen LogP contribution >= 0.6 is 11.3 Å². The van der Waals surface area contributed by atoms with Gasteiger partial charge in [-0.2, -0.15) is 13.2 Å². The minimum Gasteiger partial charge on any atom is -0.459 e. The highest BCUT2D eigenvalue weighted by Crippen LogP contribution is 2.21. The minimum absolute atomic E-state index is 0.0553. The molecule has 0 bridgehead atoms. The molecule has 0 aliphatic carbocycles. The Hall–Kier alpha value is -0.890. The highest BCUT2D eigenvalue weighted by molar-refractivity contribution is 7.13. The Morgan fingerprint density at radius 2 is 2.13 bits per heavy atom. The lowest BCUT2D eigenvalue weighted by atomic mass is 10.6. The first-order valence-corrected chi connectivity index (χ1v) is 5.05. The topological polar surface area (TPSA) is 47.0 Å². The van der Waals surface area contributed by atoms with Crippen LogP contribution in [0, 0.1) is 0 Å². The third-order valence-corrected chi connectivity index (χ3v) is 2.17. The van der Waals surface area contributed by atoms with E-state index in [-0.39, 0.29) is 5.19 Å². The third kappa shape index (κ3) is 4.93. The number of hydrogen-bond acceptors (Lipinski definition) is 5. The summed E-state index contributed by atoms with van der Waals surface area (Å²) in [5, 5.41) is 10.7. The van der Waals surface area contributed by atoms with Crippen molar-refractivity contribution in [2.24, 2.45) is 0 Å². The fraction of sp³-hybridized carbons (Fsp3) is 0.714. The first-order chi connectivity index (χ1) is 7.01. The van der Waals surface area contributed by atoms with Crippen LogP contribution in [-0.4, -0.2) is 29.5 Å². The molecule has 0 aliphatic rings. The normalized spacial score (nSPS) is 11.7. The lowest BCUT2D eigenvalue weighted by molar-refractivity contribution is -0.153. The van der Waals surface area contributed by atoms with Crippen molar-refractivity contribution >= 4 is 11.3 Å². The molecule has 4 nitrogen and oxygen atoms in total. The van der Waals surface area contributed by atoms with E-state index in [0.717, 1.165) is 17.9 Å². The summed E-state index contributed by atoms with van der Waals surface area (Å²) in [6.45, 7) is 1.84. The standard InChI is InChI=1S/C7H10F3N3OS/c1-2-11-3-5-12-13-6(15-5)14-4-7(8,9)10/h11H,2-4H2,1H3. The first-order valence-electron chi connectivity index (χ1n) is 4.24. The van der Waals surface area contributed by atoms with Crippen molar-refractivity contribution in [3.05, 3.63) is 5.01 Å². The summed E-state index contributed by atoms with van der Waals surface area (Å²) in [6, 6.07) is 0. The zero-order chi connectivity index (χ0) is 11.3. The summed E-state index contributed by atoms with van der Waals surface area (Å²) in [6.07, 6.45) is -4.34. The van der Waals surface area contributed by atoms with Crippen LogP contribution in [-0.2, 0) is 6.54 Å². The maximum Gasteiger partial charge on any atom is 0.422 e. The molecule has 0 radical (unpaired) electrons. The van der Waals surface area contributed by atoms with E-state index < -0.39 is 12.8 Å². The second-order valence-electron chi connectivity index (χ2n) is 2.65.